The molecule has 1 unspecified atom stereocenters. The zero-order valence-electron chi connectivity index (χ0n) is 13.0. The standard InChI is InChI=1S/C17H24N2O3/c1-19(11-10-16(20)21)17(22)18-15(12-13-6-5-7-13)14-8-3-2-4-9-14/h2-4,8-9,13,15H,5-7,10-12H2,1H3,(H,18,22)(H,20,21). The molecule has 5 heteroatoms. The number of benzene rings is 1. The molecular weight excluding hydrogens is 280 g/mol. The number of carbonyl (C=O) groups excluding carboxylic acids is 1. The Bertz CT molecular complexity index is 500. The molecule has 1 aliphatic carbocycles. The van der Waals surface area contributed by atoms with Gasteiger partial charge in [-0.2, -0.15) is 0 Å². The molecule has 0 spiro atoms. The summed E-state index contributed by atoms with van der Waals surface area (Å²) < 4.78 is 0. The molecule has 1 atom stereocenters. The summed E-state index contributed by atoms with van der Waals surface area (Å²) in [5.74, 6) is -0.219. The van der Waals surface area contributed by atoms with Crippen molar-refractivity contribution in [3.05, 3.63) is 35.9 Å². The van der Waals surface area contributed by atoms with Crippen LogP contribution in [0.1, 0.15) is 43.7 Å². The van der Waals surface area contributed by atoms with Gasteiger partial charge in [0.05, 0.1) is 12.5 Å². The van der Waals surface area contributed by atoms with E-state index in [1.165, 1.54) is 24.2 Å². The smallest absolute Gasteiger partial charge is 0.317 e. The predicted molar refractivity (Wildman–Crippen MR) is 84.6 cm³/mol. The maximum absolute atomic E-state index is 12.2. The Balaban J connectivity index is 1.96. The van der Waals surface area contributed by atoms with E-state index in [0.717, 1.165) is 12.0 Å². The van der Waals surface area contributed by atoms with Crippen molar-refractivity contribution in [1.29, 1.82) is 0 Å². The Labute approximate surface area is 131 Å². The molecule has 1 aromatic rings. The molecule has 2 N–H and O–H groups in total. The summed E-state index contributed by atoms with van der Waals surface area (Å²) in [6, 6.07) is 9.75. The summed E-state index contributed by atoms with van der Waals surface area (Å²) in [6.07, 6.45) is 4.64. The molecule has 0 radical (unpaired) electrons. The number of nitrogens with zero attached hydrogens (tertiary/aromatic N) is 1. The molecule has 0 saturated heterocycles. The zero-order valence-corrected chi connectivity index (χ0v) is 13.0. The number of carboxylic acids is 1. The summed E-state index contributed by atoms with van der Waals surface area (Å²) in [4.78, 5) is 24.3. The number of amides is 2. The largest absolute Gasteiger partial charge is 0.481 e. The summed E-state index contributed by atoms with van der Waals surface area (Å²) in [5.41, 5.74) is 1.11. The second-order valence-corrected chi connectivity index (χ2v) is 6.01. The lowest BCUT2D eigenvalue weighted by Crippen LogP contribution is -2.41. The number of urea groups is 1. The van der Waals surface area contributed by atoms with E-state index >= 15 is 0 Å². The third-order valence-corrected chi connectivity index (χ3v) is 4.30. The molecular formula is C17H24N2O3. The second kappa shape index (κ2) is 7.82. The molecule has 1 aliphatic rings. The molecule has 22 heavy (non-hydrogen) atoms. The number of carbonyl (C=O) groups is 2. The Morgan fingerprint density at radius 2 is 2.00 bits per heavy atom. The minimum Gasteiger partial charge on any atom is -0.481 e. The summed E-state index contributed by atoms with van der Waals surface area (Å²) in [7, 11) is 1.63. The van der Waals surface area contributed by atoms with Crippen molar-refractivity contribution in [3.8, 4) is 0 Å². The molecule has 0 bridgehead atoms. The van der Waals surface area contributed by atoms with Crippen LogP contribution in [-0.4, -0.2) is 35.6 Å². The average Bonchev–Trinajstić information content (AvgIpc) is 2.47. The van der Waals surface area contributed by atoms with Gasteiger partial charge in [0.1, 0.15) is 0 Å². The van der Waals surface area contributed by atoms with Crippen LogP contribution >= 0.6 is 0 Å². The van der Waals surface area contributed by atoms with Crippen LogP contribution in [0.5, 0.6) is 0 Å². The van der Waals surface area contributed by atoms with E-state index < -0.39 is 5.97 Å². The first-order chi connectivity index (χ1) is 10.6. The van der Waals surface area contributed by atoms with Crippen LogP contribution in [0.3, 0.4) is 0 Å². The fraction of sp³-hybridized carbons (Fsp3) is 0.529. The highest BCUT2D eigenvalue weighted by atomic mass is 16.4. The van der Waals surface area contributed by atoms with Crippen molar-refractivity contribution in [1.82, 2.24) is 10.2 Å². The fourth-order valence-electron chi connectivity index (χ4n) is 2.65. The van der Waals surface area contributed by atoms with Gasteiger partial charge in [0.25, 0.3) is 0 Å². The van der Waals surface area contributed by atoms with E-state index in [-0.39, 0.29) is 25.0 Å². The van der Waals surface area contributed by atoms with Crippen LogP contribution in [0, 0.1) is 5.92 Å². The number of aliphatic carboxylic acids is 1. The van der Waals surface area contributed by atoms with Gasteiger partial charge >= 0.3 is 12.0 Å². The molecule has 5 nitrogen and oxygen atoms in total. The van der Waals surface area contributed by atoms with Crippen LogP contribution in [0.4, 0.5) is 4.79 Å². The lowest BCUT2D eigenvalue weighted by atomic mass is 9.79. The van der Waals surface area contributed by atoms with Crippen LogP contribution < -0.4 is 5.32 Å². The van der Waals surface area contributed by atoms with Crippen molar-refractivity contribution in [3.63, 3.8) is 0 Å². The van der Waals surface area contributed by atoms with Gasteiger partial charge in [-0.15, -0.1) is 0 Å². The number of hydrogen-bond acceptors (Lipinski definition) is 2. The van der Waals surface area contributed by atoms with Crippen molar-refractivity contribution in [2.24, 2.45) is 5.92 Å². The van der Waals surface area contributed by atoms with E-state index in [0.29, 0.717) is 5.92 Å². The van der Waals surface area contributed by atoms with Gasteiger partial charge in [-0.25, -0.2) is 4.79 Å². The van der Waals surface area contributed by atoms with Gasteiger partial charge in [-0.1, -0.05) is 49.6 Å². The van der Waals surface area contributed by atoms with Gasteiger partial charge in [0, 0.05) is 13.6 Å². The summed E-state index contributed by atoms with van der Waals surface area (Å²) >= 11 is 0. The van der Waals surface area contributed by atoms with Crippen molar-refractivity contribution in [2.75, 3.05) is 13.6 Å². The van der Waals surface area contributed by atoms with Crippen LogP contribution in [0.25, 0.3) is 0 Å². The van der Waals surface area contributed by atoms with Crippen molar-refractivity contribution in [2.45, 2.75) is 38.1 Å². The molecule has 120 valence electrons. The Morgan fingerprint density at radius 1 is 1.32 bits per heavy atom. The molecule has 1 saturated carbocycles. The summed E-state index contributed by atoms with van der Waals surface area (Å²) in [6.45, 7) is 0.214. The first-order valence-electron chi connectivity index (χ1n) is 7.84. The SMILES string of the molecule is CN(CCC(=O)O)C(=O)NC(CC1CCC1)c1ccccc1. The Kier molecular flexibility index (Phi) is 5.81. The molecule has 2 rings (SSSR count). The maximum atomic E-state index is 12.2. The maximum Gasteiger partial charge on any atom is 0.317 e. The van der Waals surface area contributed by atoms with Gasteiger partial charge in [0.2, 0.25) is 0 Å². The first-order valence-corrected chi connectivity index (χ1v) is 7.84. The molecule has 0 aromatic heterocycles. The molecule has 1 aromatic carbocycles. The minimum absolute atomic E-state index is 0.00808. The molecule has 0 heterocycles. The first kappa shape index (κ1) is 16.3. The van der Waals surface area contributed by atoms with Gasteiger partial charge in [-0.3, -0.25) is 4.79 Å². The minimum atomic E-state index is -0.895. The number of rotatable bonds is 7. The second-order valence-electron chi connectivity index (χ2n) is 6.01. The third kappa shape index (κ3) is 4.76. The number of carboxylic acid groups (broad SMARTS) is 1. The Morgan fingerprint density at radius 3 is 2.55 bits per heavy atom. The lowest BCUT2D eigenvalue weighted by molar-refractivity contribution is -0.137. The van der Waals surface area contributed by atoms with Gasteiger partial charge in [0.15, 0.2) is 0 Å². The third-order valence-electron chi connectivity index (χ3n) is 4.30. The topological polar surface area (TPSA) is 69.6 Å². The zero-order chi connectivity index (χ0) is 15.9. The Hall–Kier alpha value is -2.04. The average molecular weight is 304 g/mol. The summed E-state index contributed by atoms with van der Waals surface area (Å²) in [5, 5.41) is 11.8. The van der Waals surface area contributed by atoms with Gasteiger partial charge in [-0.05, 0) is 17.9 Å². The van der Waals surface area contributed by atoms with E-state index in [4.69, 9.17) is 5.11 Å². The van der Waals surface area contributed by atoms with E-state index in [2.05, 4.69) is 5.32 Å². The van der Waals surface area contributed by atoms with E-state index in [9.17, 15) is 9.59 Å². The highest BCUT2D eigenvalue weighted by Gasteiger charge is 2.25. The van der Waals surface area contributed by atoms with Crippen molar-refractivity contribution >= 4 is 12.0 Å². The van der Waals surface area contributed by atoms with Crippen LogP contribution in [0.2, 0.25) is 0 Å². The normalized spacial score (nSPS) is 15.7. The van der Waals surface area contributed by atoms with E-state index in [1.54, 1.807) is 7.05 Å². The number of hydrogen-bond donors (Lipinski definition) is 2. The number of nitrogens with one attached hydrogen (secondary N) is 1. The van der Waals surface area contributed by atoms with Crippen LogP contribution in [0.15, 0.2) is 30.3 Å². The predicted octanol–water partition coefficient (Wildman–Crippen LogP) is 3.03. The van der Waals surface area contributed by atoms with Crippen LogP contribution in [-0.2, 0) is 4.79 Å². The molecule has 0 aliphatic heterocycles. The van der Waals surface area contributed by atoms with Gasteiger partial charge < -0.3 is 15.3 Å². The quantitative estimate of drug-likeness (QED) is 0.813. The van der Waals surface area contributed by atoms with Crippen molar-refractivity contribution < 1.29 is 14.7 Å². The molecule has 2 amide bonds. The molecule has 1 fully saturated rings. The fourth-order valence-corrected chi connectivity index (χ4v) is 2.65. The highest BCUT2D eigenvalue weighted by Crippen LogP contribution is 2.34. The van der Waals surface area contributed by atoms with E-state index in [1.807, 2.05) is 30.3 Å². The lowest BCUT2D eigenvalue weighted by Gasteiger charge is -2.31. The monoisotopic (exact) mass is 304 g/mol. The highest BCUT2D eigenvalue weighted by molar-refractivity contribution is 5.75.